The van der Waals surface area contributed by atoms with Gasteiger partial charge in [-0.25, -0.2) is 13.1 Å². The molecule has 0 aromatic carbocycles. The highest BCUT2D eigenvalue weighted by Gasteiger charge is 2.54. The molecule has 28 heavy (non-hydrogen) atoms. The molecule has 3 N–H and O–H groups in total. The Labute approximate surface area is 170 Å². The van der Waals surface area contributed by atoms with Crippen LogP contribution >= 0.6 is 0 Å². The van der Waals surface area contributed by atoms with Crippen LogP contribution < -0.4 is 10.0 Å². The summed E-state index contributed by atoms with van der Waals surface area (Å²) in [6.07, 6.45) is 8.63. The zero-order chi connectivity index (χ0) is 20.7. The second kappa shape index (κ2) is 8.23. The number of hydrogen-bond acceptors (Lipinski definition) is 4. The van der Waals surface area contributed by atoms with Crippen molar-refractivity contribution in [2.75, 3.05) is 6.26 Å². The highest BCUT2D eigenvalue weighted by molar-refractivity contribution is 7.88. The Bertz CT molecular complexity index is 676. The third kappa shape index (κ3) is 4.57. The molecule has 3 saturated carbocycles. The monoisotopic (exact) mass is 414 g/mol. The number of carbonyl (C=O) groups excluding carboxylic acids is 1. The number of nitrogens with one attached hydrogen (secondary N) is 2. The van der Waals surface area contributed by atoms with E-state index < -0.39 is 16.1 Å². The van der Waals surface area contributed by atoms with Gasteiger partial charge in [-0.1, -0.05) is 33.6 Å². The summed E-state index contributed by atoms with van der Waals surface area (Å²) in [4.78, 5) is 12.8. The van der Waals surface area contributed by atoms with Gasteiger partial charge in [-0.15, -0.1) is 0 Å². The number of fused-ring (bicyclic) bond motifs is 1. The summed E-state index contributed by atoms with van der Waals surface area (Å²) in [5, 5.41) is 14.5. The second-order valence-electron chi connectivity index (χ2n) is 10.0. The molecule has 7 heteroatoms. The highest BCUT2D eigenvalue weighted by Crippen LogP contribution is 2.55. The average molecular weight is 415 g/mol. The second-order valence-corrected chi connectivity index (χ2v) is 11.8. The number of carbonyl (C=O) groups is 1. The van der Waals surface area contributed by atoms with Crippen molar-refractivity contribution in [3.8, 4) is 0 Å². The fraction of sp³-hybridized carbons (Fsp3) is 0.952. The van der Waals surface area contributed by atoms with Crippen LogP contribution in [0.1, 0.15) is 72.1 Å². The number of aliphatic hydroxyl groups is 1. The first kappa shape index (κ1) is 22.0. The summed E-state index contributed by atoms with van der Waals surface area (Å²) in [6, 6.07) is 0.141. The maximum atomic E-state index is 12.8. The Morgan fingerprint density at radius 1 is 1.14 bits per heavy atom. The van der Waals surface area contributed by atoms with E-state index in [1.54, 1.807) is 0 Å². The Morgan fingerprint density at radius 2 is 1.75 bits per heavy atom. The number of sulfonamides is 1. The molecule has 0 aromatic heterocycles. The van der Waals surface area contributed by atoms with Crippen LogP contribution in [0.4, 0.5) is 0 Å². The summed E-state index contributed by atoms with van der Waals surface area (Å²) in [7, 11) is -3.28. The SMILES string of the molecule is CC(C(=O)NC1CCCC1)C1CCC2(C)CCC(NS(C)(=O)=O)C(C)C2C1O. The van der Waals surface area contributed by atoms with E-state index >= 15 is 0 Å². The molecule has 3 aliphatic rings. The lowest BCUT2D eigenvalue weighted by Crippen LogP contribution is -2.58. The van der Waals surface area contributed by atoms with Crippen molar-refractivity contribution in [1.82, 2.24) is 10.0 Å². The maximum Gasteiger partial charge on any atom is 0.223 e. The molecule has 0 aliphatic heterocycles. The van der Waals surface area contributed by atoms with Gasteiger partial charge in [-0.2, -0.15) is 0 Å². The summed E-state index contributed by atoms with van der Waals surface area (Å²) >= 11 is 0. The summed E-state index contributed by atoms with van der Waals surface area (Å²) < 4.78 is 26.3. The molecule has 0 saturated heterocycles. The van der Waals surface area contributed by atoms with Crippen molar-refractivity contribution in [3.05, 3.63) is 0 Å². The fourth-order valence-electron chi connectivity index (χ4n) is 6.33. The molecule has 3 aliphatic carbocycles. The molecule has 0 bridgehead atoms. The van der Waals surface area contributed by atoms with Crippen LogP contribution in [0, 0.1) is 29.1 Å². The normalized spacial score (nSPS) is 40.7. The predicted molar refractivity (Wildman–Crippen MR) is 110 cm³/mol. The Morgan fingerprint density at radius 3 is 2.36 bits per heavy atom. The van der Waals surface area contributed by atoms with Crippen LogP contribution in [0.25, 0.3) is 0 Å². The molecule has 6 nitrogen and oxygen atoms in total. The molecule has 0 radical (unpaired) electrons. The molecule has 7 unspecified atom stereocenters. The molecule has 0 spiro atoms. The van der Waals surface area contributed by atoms with Crippen LogP contribution in [0.2, 0.25) is 0 Å². The summed E-state index contributed by atoms with van der Waals surface area (Å²) in [6.45, 7) is 6.23. The minimum Gasteiger partial charge on any atom is -0.392 e. The van der Waals surface area contributed by atoms with Gasteiger partial charge in [-0.3, -0.25) is 4.79 Å². The van der Waals surface area contributed by atoms with Crippen LogP contribution in [0.3, 0.4) is 0 Å². The Balaban J connectivity index is 1.72. The molecule has 0 aromatic rings. The van der Waals surface area contributed by atoms with Gasteiger partial charge in [0.15, 0.2) is 0 Å². The average Bonchev–Trinajstić information content (AvgIpc) is 3.09. The minimum absolute atomic E-state index is 0.000908. The van der Waals surface area contributed by atoms with Crippen molar-refractivity contribution in [2.45, 2.75) is 90.3 Å². The zero-order valence-electron chi connectivity index (χ0n) is 17.8. The molecule has 162 valence electrons. The number of aliphatic hydroxyl groups excluding tert-OH is 1. The Hall–Kier alpha value is -0.660. The van der Waals surface area contributed by atoms with E-state index in [0.717, 1.165) is 38.5 Å². The first-order valence-corrected chi connectivity index (χ1v) is 12.9. The molecular formula is C21H38N2O4S. The van der Waals surface area contributed by atoms with Crippen molar-refractivity contribution < 1.29 is 18.3 Å². The maximum absolute atomic E-state index is 12.8. The van der Waals surface area contributed by atoms with Gasteiger partial charge >= 0.3 is 0 Å². The topological polar surface area (TPSA) is 95.5 Å². The van der Waals surface area contributed by atoms with E-state index in [1.165, 1.54) is 19.1 Å². The number of amides is 1. The van der Waals surface area contributed by atoms with E-state index in [0.29, 0.717) is 0 Å². The lowest BCUT2D eigenvalue weighted by atomic mass is 9.52. The summed E-state index contributed by atoms with van der Waals surface area (Å²) in [5.74, 6) is -0.194. The summed E-state index contributed by atoms with van der Waals surface area (Å²) in [5.41, 5.74) is 0.00661. The van der Waals surface area contributed by atoms with Gasteiger partial charge < -0.3 is 10.4 Å². The van der Waals surface area contributed by atoms with Gasteiger partial charge in [0.1, 0.15) is 0 Å². The molecule has 1 amide bonds. The van der Waals surface area contributed by atoms with Crippen LogP contribution in [-0.2, 0) is 14.8 Å². The third-order valence-corrected chi connectivity index (χ3v) is 8.74. The molecule has 0 heterocycles. The van der Waals surface area contributed by atoms with Gasteiger partial charge in [0, 0.05) is 18.0 Å². The van der Waals surface area contributed by atoms with E-state index in [-0.39, 0.29) is 47.1 Å². The van der Waals surface area contributed by atoms with Gasteiger partial charge in [0.25, 0.3) is 0 Å². The van der Waals surface area contributed by atoms with Crippen molar-refractivity contribution in [2.24, 2.45) is 29.1 Å². The molecule has 7 atom stereocenters. The largest absolute Gasteiger partial charge is 0.392 e. The smallest absolute Gasteiger partial charge is 0.223 e. The third-order valence-electron chi connectivity index (χ3n) is 8.01. The lowest BCUT2D eigenvalue weighted by Gasteiger charge is -2.56. The van der Waals surface area contributed by atoms with Crippen LogP contribution in [0.5, 0.6) is 0 Å². The van der Waals surface area contributed by atoms with Gasteiger partial charge in [0.05, 0.1) is 12.4 Å². The van der Waals surface area contributed by atoms with Gasteiger partial charge in [0.2, 0.25) is 15.9 Å². The highest BCUT2D eigenvalue weighted by atomic mass is 32.2. The number of hydrogen-bond donors (Lipinski definition) is 3. The first-order valence-electron chi connectivity index (χ1n) is 11.0. The van der Waals surface area contributed by atoms with E-state index in [4.69, 9.17) is 0 Å². The molecule has 3 rings (SSSR count). The predicted octanol–water partition coefficient (Wildman–Crippen LogP) is 2.42. The van der Waals surface area contributed by atoms with Crippen molar-refractivity contribution >= 4 is 15.9 Å². The van der Waals surface area contributed by atoms with E-state index in [1.807, 2.05) is 6.92 Å². The van der Waals surface area contributed by atoms with Crippen molar-refractivity contribution in [1.29, 1.82) is 0 Å². The van der Waals surface area contributed by atoms with E-state index in [9.17, 15) is 18.3 Å². The first-order chi connectivity index (χ1) is 13.0. The zero-order valence-corrected chi connectivity index (χ0v) is 18.6. The fourth-order valence-corrected chi connectivity index (χ4v) is 7.21. The van der Waals surface area contributed by atoms with Gasteiger partial charge in [-0.05, 0) is 61.7 Å². The Kier molecular flexibility index (Phi) is 6.47. The number of rotatable bonds is 5. The lowest BCUT2D eigenvalue weighted by molar-refractivity contribution is -0.142. The van der Waals surface area contributed by atoms with E-state index in [2.05, 4.69) is 23.9 Å². The molecule has 3 fully saturated rings. The standard InChI is InChI=1S/C21H38N2O4S/c1-13(20(25)22-15-7-5-6-8-15)16-9-11-21(3)12-10-17(23-28(4,26)27)14(2)18(21)19(16)24/h13-19,23-24H,5-12H2,1-4H3,(H,22,25). The molecular weight excluding hydrogens is 376 g/mol. The van der Waals surface area contributed by atoms with Crippen LogP contribution in [0.15, 0.2) is 0 Å². The van der Waals surface area contributed by atoms with Crippen LogP contribution in [-0.4, -0.2) is 43.9 Å². The van der Waals surface area contributed by atoms with Crippen molar-refractivity contribution in [3.63, 3.8) is 0 Å². The quantitative estimate of drug-likeness (QED) is 0.644. The minimum atomic E-state index is -3.28.